The van der Waals surface area contributed by atoms with E-state index in [1.54, 1.807) is 0 Å². The largest absolute Gasteiger partial charge is 0.345 e. The normalized spacial score (nSPS) is 12.2. The van der Waals surface area contributed by atoms with Crippen LogP contribution in [0.5, 0.6) is 0 Å². The first kappa shape index (κ1) is 13.8. The van der Waals surface area contributed by atoms with Crippen LogP contribution in [0.3, 0.4) is 0 Å². The molecule has 2 aromatic rings. The van der Waals surface area contributed by atoms with Crippen molar-refractivity contribution in [2.75, 3.05) is 0 Å². The van der Waals surface area contributed by atoms with Crippen molar-refractivity contribution < 1.29 is 4.79 Å². The Morgan fingerprint density at radius 1 is 1.16 bits per heavy atom. The number of carbonyl (C=O) groups is 1. The Morgan fingerprint density at radius 3 is 2.37 bits per heavy atom. The summed E-state index contributed by atoms with van der Waals surface area (Å²) in [6.45, 7) is 6.17. The first-order valence-corrected chi connectivity index (χ1v) is 7.35. The second-order valence-electron chi connectivity index (χ2n) is 4.76. The molecule has 1 aromatic carbocycles. The topological polar surface area (TPSA) is 29.1 Å². The van der Waals surface area contributed by atoms with Gasteiger partial charge in [0, 0.05) is 4.88 Å². The molecule has 0 fully saturated rings. The minimum absolute atomic E-state index is 0.0190. The lowest BCUT2D eigenvalue weighted by atomic mass is 10.0. The van der Waals surface area contributed by atoms with E-state index in [0.29, 0.717) is 0 Å². The van der Waals surface area contributed by atoms with Gasteiger partial charge in [-0.05, 0) is 38.0 Å². The molecule has 0 aliphatic heterocycles. The molecule has 0 spiro atoms. The Labute approximate surface area is 118 Å². The number of amides is 1. The zero-order chi connectivity index (χ0) is 13.8. The van der Waals surface area contributed by atoms with Crippen LogP contribution in [0, 0.1) is 13.8 Å². The Hall–Kier alpha value is -1.61. The van der Waals surface area contributed by atoms with Crippen molar-refractivity contribution in [1.82, 2.24) is 5.32 Å². The molecular formula is C16H19NOS. The van der Waals surface area contributed by atoms with Gasteiger partial charge in [0.05, 0.1) is 10.9 Å². The second kappa shape index (κ2) is 6.02. The standard InChI is InChI=1S/C16H19NOS/c1-4-14(13-8-5-11(2)6-9-13)17-16(18)15-10-7-12(3)19-15/h5-10,14H,4H2,1-3H3,(H,17,18). The summed E-state index contributed by atoms with van der Waals surface area (Å²) in [5, 5.41) is 3.10. The van der Waals surface area contributed by atoms with Gasteiger partial charge in [0.25, 0.3) is 5.91 Å². The highest BCUT2D eigenvalue weighted by atomic mass is 32.1. The first-order chi connectivity index (χ1) is 9.10. The van der Waals surface area contributed by atoms with E-state index in [0.717, 1.165) is 21.7 Å². The fourth-order valence-corrected chi connectivity index (χ4v) is 2.78. The molecule has 0 aliphatic rings. The van der Waals surface area contributed by atoms with Crippen molar-refractivity contribution in [3.05, 3.63) is 57.3 Å². The molecule has 0 saturated heterocycles. The highest BCUT2D eigenvalue weighted by Gasteiger charge is 2.15. The van der Waals surface area contributed by atoms with E-state index in [4.69, 9.17) is 0 Å². The smallest absolute Gasteiger partial charge is 0.261 e. The highest BCUT2D eigenvalue weighted by molar-refractivity contribution is 7.13. The van der Waals surface area contributed by atoms with Gasteiger partial charge in [-0.15, -0.1) is 11.3 Å². The number of aryl methyl sites for hydroxylation is 2. The average molecular weight is 273 g/mol. The number of carbonyl (C=O) groups excluding carboxylic acids is 1. The van der Waals surface area contributed by atoms with Gasteiger partial charge in [-0.3, -0.25) is 4.79 Å². The number of hydrogen-bond acceptors (Lipinski definition) is 2. The summed E-state index contributed by atoms with van der Waals surface area (Å²) in [7, 11) is 0. The van der Waals surface area contributed by atoms with E-state index >= 15 is 0 Å². The van der Waals surface area contributed by atoms with Crippen LogP contribution < -0.4 is 5.32 Å². The zero-order valence-electron chi connectivity index (χ0n) is 11.6. The molecule has 2 nitrogen and oxygen atoms in total. The number of nitrogens with one attached hydrogen (secondary N) is 1. The van der Waals surface area contributed by atoms with Crippen molar-refractivity contribution in [2.24, 2.45) is 0 Å². The second-order valence-corrected chi connectivity index (χ2v) is 6.04. The van der Waals surface area contributed by atoms with E-state index < -0.39 is 0 Å². The lowest BCUT2D eigenvalue weighted by Crippen LogP contribution is -2.27. The molecule has 1 heterocycles. The summed E-state index contributed by atoms with van der Waals surface area (Å²) in [5.74, 6) is 0.0190. The monoisotopic (exact) mass is 273 g/mol. The van der Waals surface area contributed by atoms with Crippen molar-refractivity contribution in [1.29, 1.82) is 0 Å². The van der Waals surface area contributed by atoms with Crippen LogP contribution in [0.4, 0.5) is 0 Å². The van der Waals surface area contributed by atoms with Gasteiger partial charge in [-0.25, -0.2) is 0 Å². The molecule has 3 heteroatoms. The van der Waals surface area contributed by atoms with Gasteiger partial charge < -0.3 is 5.32 Å². The van der Waals surface area contributed by atoms with Gasteiger partial charge in [0.2, 0.25) is 0 Å². The molecule has 19 heavy (non-hydrogen) atoms. The number of thiophene rings is 1. The van der Waals surface area contributed by atoms with Crippen molar-refractivity contribution in [3.63, 3.8) is 0 Å². The summed E-state index contributed by atoms with van der Waals surface area (Å²) < 4.78 is 0. The van der Waals surface area contributed by atoms with Gasteiger partial charge in [0.1, 0.15) is 0 Å². The quantitative estimate of drug-likeness (QED) is 0.886. The minimum atomic E-state index is 0.0190. The van der Waals surface area contributed by atoms with E-state index in [2.05, 4.69) is 43.4 Å². The van der Waals surface area contributed by atoms with E-state index in [1.807, 2.05) is 19.1 Å². The Kier molecular flexibility index (Phi) is 4.38. The summed E-state index contributed by atoms with van der Waals surface area (Å²) >= 11 is 1.53. The average Bonchev–Trinajstić information content (AvgIpc) is 2.84. The van der Waals surface area contributed by atoms with Gasteiger partial charge in [0.15, 0.2) is 0 Å². The third-order valence-electron chi connectivity index (χ3n) is 3.16. The molecule has 1 aromatic heterocycles. The summed E-state index contributed by atoms with van der Waals surface area (Å²) in [5.41, 5.74) is 2.40. The van der Waals surface area contributed by atoms with Crippen molar-refractivity contribution >= 4 is 17.2 Å². The van der Waals surface area contributed by atoms with Crippen LogP contribution in [0.1, 0.15) is 45.1 Å². The predicted molar refractivity (Wildman–Crippen MR) is 80.7 cm³/mol. The zero-order valence-corrected chi connectivity index (χ0v) is 12.4. The van der Waals surface area contributed by atoms with Crippen LogP contribution in [-0.4, -0.2) is 5.91 Å². The number of rotatable bonds is 4. The lowest BCUT2D eigenvalue weighted by Gasteiger charge is -2.17. The minimum Gasteiger partial charge on any atom is -0.345 e. The molecule has 1 amide bonds. The fourth-order valence-electron chi connectivity index (χ4n) is 2.01. The van der Waals surface area contributed by atoms with E-state index in [-0.39, 0.29) is 11.9 Å². The van der Waals surface area contributed by atoms with Crippen LogP contribution in [0.25, 0.3) is 0 Å². The van der Waals surface area contributed by atoms with Gasteiger partial charge in [-0.2, -0.15) is 0 Å². The maximum Gasteiger partial charge on any atom is 0.261 e. The third kappa shape index (κ3) is 3.44. The van der Waals surface area contributed by atoms with Crippen LogP contribution >= 0.6 is 11.3 Å². The van der Waals surface area contributed by atoms with Crippen molar-refractivity contribution in [3.8, 4) is 0 Å². The molecule has 1 unspecified atom stereocenters. The van der Waals surface area contributed by atoms with Gasteiger partial charge >= 0.3 is 0 Å². The summed E-state index contributed by atoms with van der Waals surface area (Å²) in [6.07, 6.45) is 0.888. The van der Waals surface area contributed by atoms with Crippen LogP contribution in [-0.2, 0) is 0 Å². The molecule has 0 saturated carbocycles. The fraction of sp³-hybridized carbons (Fsp3) is 0.312. The molecule has 0 radical (unpaired) electrons. The van der Waals surface area contributed by atoms with E-state index in [9.17, 15) is 4.79 Å². The summed E-state index contributed by atoms with van der Waals surface area (Å²) in [4.78, 5) is 14.1. The number of hydrogen-bond donors (Lipinski definition) is 1. The Balaban J connectivity index is 2.11. The van der Waals surface area contributed by atoms with Crippen LogP contribution in [0.2, 0.25) is 0 Å². The SMILES string of the molecule is CCC(NC(=O)c1ccc(C)s1)c1ccc(C)cc1. The molecular weight excluding hydrogens is 254 g/mol. The predicted octanol–water partition coefficient (Wildman–Crippen LogP) is 4.25. The van der Waals surface area contributed by atoms with E-state index in [1.165, 1.54) is 16.9 Å². The maximum absolute atomic E-state index is 12.2. The molecule has 100 valence electrons. The Morgan fingerprint density at radius 2 is 1.84 bits per heavy atom. The Bertz CT molecular complexity index is 556. The third-order valence-corrected chi connectivity index (χ3v) is 4.16. The highest BCUT2D eigenvalue weighted by Crippen LogP contribution is 2.20. The molecule has 2 rings (SSSR count). The molecule has 0 aliphatic carbocycles. The first-order valence-electron chi connectivity index (χ1n) is 6.54. The van der Waals surface area contributed by atoms with Gasteiger partial charge in [-0.1, -0.05) is 36.8 Å². The van der Waals surface area contributed by atoms with Crippen LogP contribution in [0.15, 0.2) is 36.4 Å². The summed E-state index contributed by atoms with van der Waals surface area (Å²) in [6, 6.07) is 12.3. The molecule has 1 atom stereocenters. The maximum atomic E-state index is 12.2. The number of benzene rings is 1. The lowest BCUT2D eigenvalue weighted by molar-refractivity contribution is 0.0939. The van der Waals surface area contributed by atoms with Crippen molar-refractivity contribution in [2.45, 2.75) is 33.2 Å². The molecule has 1 N–H and O–H groups in total. The molecule has 0 bridgehead atoms.